The molecule has 2 aromatic rings. The highest BCUT2D eigenvalue weighted by Crippen LogP contribution is 2.17. The van der Waals surface area contributed by atoms with Crippen molar-refractivity contribution in [3.63, 3.8) is 0 Å². The molecule has 1 unspecified atom stereocenters. The van der Waals surface area contributed by atoms with Gasteiger partial charge in [-0.3, -0.25) is 4.68 Å². The SMILES string of the molecule is OC(CNCCn1ccnn1)COc1cccc(Br)c1. The Hall–Kier alpha value is -1.44. The first-order chi connectivity index (χ1) is 9.74. The zero-order valence-electron chi connectivity index (χ0n) is 10.9. The quantitative estimate of drug-likeness (QED) is 0.703. The van der Waals surface area contributed by atoms with Crippen molar-refractivity contribution in [1.29, 1.82) is 0 Å². The highest BCUT2D eigenvalue weighted by atomic mass is 79.9. The molecule has 0 aliphatic carbocycles. The second-order valence-electron chi connectivity index (χ2n) is 4.29. The Morgan fingerprint density at radius 3 is 3.10 bits per heavy atom. The van der Waals surface area contributed by atoms with Gasteiger partial charge >= 0.3 is 0 Å². The molecule has 6 nitrogen and oxygen atoms in total. The number of nitrogens with zero attached hydrogens (tertiary/aromatic N) is 3. The van der Waals surface area contributed by atoms with E-state index >= 15 is 0 Å². The summed E-state index contributed by atoms with van der Waals surface area (Å²) in [5, 5.41) is 20.5. The van der Waals surface area contributed by atoms with Gasteiger partial charge in [-0.15, -0.1) is 5.10 Å². The van der Waals surface area contributed by atoms with Gasteiger partial charge in [-0.1, -0.05) is 27.2 Å². The predicted octanol–water partition coefficient (Wildman–Crippen LogP) is 1.07. The van der Waals surface area contributed by atoms with Gasteiger partial charge in [0.1, 0.15) is 18.5 Å². The molecule has 0 aliphatic rings. The van der Waals surface area contributed by atoms with Crippen LogP contribution in [0.2, 0.25) is 0 Å². The summed E-state index contributed by atoms with van der Waals surface area (Å²) in [6, 6.07) is 7.54. The van der Waals surface area contributed by atoms with Gasteiger partial charge < -0.3 is 15.2 Å². The molecular formula is C13H17BrN4O2. The largest absolute Gasteiger partial charge is 0.491 e. The number of aromatic nitrogens is 3. The maximum absolute atomic E-state index is 9.80. The molecule has 0 spiro atoms. The molecule has 2 N–H and O–H groups in total. The Kier molecular flexibility index (Phi) is 5.97. The van der Waals surface area contributed by atoms with Crippen LogP contribution in [0.5, 0.6) is 5.75 Å². The average molecular weight is 341 g/mol. The second kappa shape index (κ2) is 7.98. The van der Waals surface area contributed by atoms with E-state index in [1.165, 1.54) is 0 Å². The van der Waals surface area contributed by atoms with Crippen LogP contribution in [0.1, 0.15) is 0 Å². The van der Waals surface area contributed by atoms with E-state index in [-0.39, 0.29) is 6.61 Å². The van der Waals surface area contributed by atoms with Crippen LogP contribution in [0.4, 0.5) is 0 Å². The van der Waals surface area contributed by atoms with Gasteiger partial charge in [0, 0.05) is 23.8 Å². The van der Waals surface area contributed by atoms with Crippen molar-refractivity contribution >= 4 is 15.9 Å². The smallest absolute Gasteiger partial charge is 0.120 e. The highest BCUT2D eigenvalue weighted by molar-refractivity contribution is 9.10. The van der Waals surface area contributed by atoms with Crippen LogP contribution in [0.25, 0.3) is 0 Å². The van der Waals surface area contributed by atoms with Crippen LogP contribution in [-0.2, 0) is 6.54 Å². The summed E-state index contributed by atoms with van der Waals surface area (Å²) in [6.45, 7) is 2.17. The number of halogens is 1. The molecule has 1 aromatic heterocycles. The molecule has 1 atom stereocenters. The maximum Gasteiger partial charge on any atom is 0.120 e. The topological polar surface area (TPSA) is 72.2 Å². The number of nitrogens with one attached hydrogen (secondary N) is 1. The number of ether oxygens (including phenoxy) is 1. The van der Waals surface area contributed by atoms with Gasteiger partial charge in [-0.25, -0.2) is 0 Å². The number of rotatable bonds is 8. The van der Waals surface area contributed by atoms with E-state index in [0.29, 0.717) is 6.54 Å². The molecule has 0 radical (unpaired) electrons. The van der Waals surface area contributed by atoms with Gasteiger partial charge in [0.15, 0.2) is 0 Å². The Labute approximate surface area is 125 Å². The Morgan fingerprint density at radius 2 is 2.35 bits per heavy atom. The lowest BCUT2D eigenvalue weighted by Crippen LogP contribution is -2.33. The number of benzene rings is 1. The molecule has 0 amide bonds. The van der Waals surface area contributed by atoms with Crippen LogP contribution < -0.4 is 10.1 Å². The molecule has 0 saturated carbocycles. The van der Waals surface area contributed by atoms with Gasteiger partial charge in [0.05, 0.1) is 12.7 Å². The van der Waals surface area contributed by atoms with Gasteiger partial charge in [-0.2, -0.15) is 0 Å². The number of aliphatic hydroxyl groups is 1. The highest BCUT2D eigenvalue weighted by Gasteiger charge is 2.05. The van der Waals surface area contributed by atoms with Crippen molar-refractivity contribution in [2.24, 2.45) is 0 Å². The molecule has 1 heterocycles. The van der Waals surface area contributed by atoms with Gasteiger partial charge in [0.25, 0.3) is 0 Å². The van der Waals surface area contributed by atoms with E-state index in [9.17, 15) is 5.11 Å². The van der Waals surface area contributed by atoms with Crippen LogP contribution in [-0.4, -0.2) is 45.9 Å². The third-order valence-corrected chi connectivity index (χ3v) is 3.10. The zero-order valence-corrected chi connectivity index (χ0v) is 12.5. The molecule has 0 fully saturated rings. The average Bonchev–Trinajstić information content (AvgIpc) is 2.95. The van der Waals surface area contributed by atoms with Gasteiger partial charge in [0.2, 0.25) is 0 Å². The van der Waals surface area contributed by atoms with E-state index in [0.717, 1.165) is 23.3 Å². The predicted molar refractivity (Wildman–Crippen MR) is 78.5 cm³/mol. The standard InChI is InChI=1S/C13H17BrN4O2/c14-11-2-1-3-13(8-11)20-10-12(19)9-15-4-6-18-7-5-16-17-18/h1-3,5,7-8,12,15,19H,4,6,9-10H2. The van der Waals surface area contributed by atoms with E-state index in [1.54, 1.807) is 17.1 Å². The third-order valence-electron chi connectivity index (χ3n) is 2.61. The van der Waals surface area contributed by atoms with E-state index in [2.05, 4.69) is 31.6 Å². The molecule has 1 aromatic carbocycles. The van der Waals surface area contributed by atoms with Crippen molar-refractivity contribution in [3.05, 3.63) is 41.1 Å². The summed E-state index contributed by atoms with van der Waals surface area (Å²) >= 11 is 3.37. The molecule has 0 saturated heterocycles. The molecule has 7 heteroatoms. The number of hydrogen-bond acceptors (Lipinski definition) is 5. The van der Waals surface area contributed by atoms with Crippen molar-refractivity contribution in [2.75, 3.05) is 19.7 Å². The van der Waals surface area contributed by atoms with Crippen molar-refractivity contribution in [2.45, 2.75) is 12.6 Å². The summed E-state index contributed by atoms with van der Waals surface area (Å²) in [5.74, 6) is 0.737. The number of hydrogen-bond donors (Lipinski definition) is 2. The molecule has 0 bridgehead atoms. The van der Waals surface area contributed by atoms with Gasteiger partial charge in [-0.05, 0) is 18.2 Å². The van der Waals surface area contributed by atoms with Crippen molar-refractivity contribution in [3.8, 4) is 5.75 Å². The van der Waals surface area contributed by atoms with Crippen LogP contribution >= 0.6 is 15.9 Å². The summed E-state index contributed by atoms with van der Waals surface area (Å²) in [6.07, 6.45) is 2.89. The lowest BCUT2D eigenvalue weighted by Gasteiger charge is -2.13. The first-order valence-corrected chi connectivity index (χ1v) is 7.14. The first kappa shape index (κ1) is 15.0. The monoisotopic (exact) mass is 340 g/mol. The minimum absolute atomic E-state index is 0.257. The summed E-state index contributed by atoms with van der Waals surface area (Å²) < 4.78 is 8.19. The van der Waals surface area contributed by atoms with Crippen molar-refractivity contribution < 1.29 is 9.84 Å². The molecule has 0 aliphatic heterocycles. The Balaban J connectivity index is 1.59. The second-order valence-corrected chi connectivity index (χ2v) is 5.21. The van der Waals surface area contributed by atoms with Crippen molar-refractivity contribution in [1.82, 2.24) is 20.3 Å². The van der Waals surface area contributed by atoms with E-state index < -0.39 is 6.10 Å². The van der Waals surface area contributed by atoms with Crippen LogP contribution in [0.15, 0.2) is 41.1 Å². The summed E-state index contributed by atoms with van der Waals surface area (Å²) in [4.78, 5) is 0. The minimum Gasteiger partial charge on any atom is -0.491 e. The lowest BCUT2D eigenvalue weighted by molar-refractivity contribution is 0.106. The summed E-state index contributed by atoms with van der Waals surface area (Å²) in [5.41, 5.74) is 0. The first-order valence-electron chi connectivity index (χ1n) is 6.35. The Bertz CT molecular complexity index is 507. The van der Waals surface area contributed by atoms with Crippen LogP contribution in [0.3, 0.4) is 0 Å². The molecule has 2 rings (SSSR count). The summed E-state index contributed by atoms with van der Waals surface area (Å²) in [7, 11) is 0. The molecular weight excluding hydrogens is 324 g/mol. The fraction of sp³-hybridized carbons (Fsp3) is 0.385. The Morgan fingerprint density at radius 1 is 1.45 bits per heavy atom. The maximum atomic E-state index is 9.80. The fourth-order valence-corrected chi connectivity index (χ4v) is 2.00. The fourth-order valence-electron chi connectivity index (χ4n) is 1.62. The lowest BCUT2D eigenvalue weighted by atomic mass is 10.3. The normalized spacial score (nSPS) is 12.3. The number of aliphatic hydroxyl groups excluding tert-OH is 1. The van der Waals surface area contributed by atoms with Crippen LogP contribution in [0, 0.1) is 0 Å². The minimum atomic E-state index is -0.551. The zero-order chi connectivity index (χ0) is 14.2. The van der Waals surface area contributed by atoms with E-state index in [4.69, 9.17) is 4.74 Å². The molecule has 108 valence electrons. The molecule has 20 heavy (non-hydrogen) atoms. The van der Waals surface area contributed by atoms with E-state index in [1.807, 2.05) is 24.3 Å². The third kappa shape index (κ3) is 5.28.